The Labute approximate surface area is 74.9 Å². The molecule has 4 heteroatoms. The van der Waals surface area contributed by atoms with E-state index in [1.807, 2.05) is 0 Å². The van der Waals surface area contributed by atoms with Gasteiger partial charge in [0.2, 0.25) is 5.95 Å². The Kier molecular flexibility index (Phi) is 2.41. The van der Waals surface area contributed by atoms with E-state index in [2.05, 4.69) is 36.8 Å². The first-order chi connectivity index (χ1) is 4.63. The van der Waals surface area contributed by atoms with Crippen LogP contribution in [0.1, 0.15) is 5.56 Å². The highest BCUT2D eigenvalue weighted by molar-refractivity contribution is 9.11. The normalized spacial score (nSPS) is 10.0. The zero-order valence-electron chi connectivity index (χ0n) is 5.16. The van der Waals surface area contributed by atoms with Crippen LogP contribution in [0.25, 0.3) is 0 Å². The minimum atomic E-state index is -0.472. The van der Waals surface area contributed by atoms with Crippen molar-refractivity contribution in [1.29, 1.82) is 0 Å². The number of hydrogen-bond donors (Lipinski definition) is 0. The van der Waals surface area contributed by atoms with E-state index in [-0.39, 0.29) is 0 Å². The van der Waals surface area contributed by atoms with Crippen LogP contribution in [0, 0.1) is 12.9 Å². The summed E-state index contributed by atoms with van der Waals surface area (Å²) >= 11 is 6.28. The first-order valence-electron chi connectivity index (χ1n) is 2.59. The van der Waals surface area contributed by atoms with Crippen molar-refractivity contribution in [3.05, 3.63) is 26.7 Å². The van der Waals surface area contributed by atoms with Gasteiger partial charge in [0, 0.05) is 10.7 Å². The highest BCUT2D eigenvalue weighted by Gasteiger charge is 2.05. The fourth-order valence-electron chi connectivity index (χ4n) is 0.526. The van der Waals surface area contributed by atoms with Gasteiger partial charge in [-0.1, -0.05) is 0 Å². The SMILES string of the molecule is Cc1c(Br)cnc(F)c1Br. The van der Waals surface area contributed by atoms with E-state index in [0.717, 1.165) is 10.0 Å². The lowest BCUT2D eigenvalue weighted by Gasteiger charge is -1.99. The molecule has 1 rings (SSSR count). The zero-order valence-corrected chi connectivity index (χ0v) is 8.33. The molecule has 1 aromatic heterocycles. The van der Waals surface area contributed by atoms with Gasteiger partial charge in [-0.15, -0.1) is 0 Å². The molecule has 1 aromatic rings. The first-order valence-corrected chi connectivity index (χ1v) is 4.17. The van der Waals surface area contributed by atoms with Crippen LogP contribution < -0.4 is 0 Å². The molecule has 0 amide bonds. The van der Waals surface area contributed by atoms with Gasteiger partial charge < -0.3 is 0 Å². The van der Waals surface area contributed by atoms with Crippen molar-refractivity contribution >= 4 is 31.9 Å². The molecule has 0 N–H and O–H groups in total. The Morgan fingerprint density at radius 2 is 2.10 bits per heavy atom. The maximum atomic E-state index is 12.6. The minimum Gasteiger partial charge on any atom is -0.226 e. The molecule has 10 heavy (non-hydrogen) atoms. The van der Waals surface area contributed by atoms with Crippen molar-refractivity contribution in [2.24, 2.45) is 0 Å². The quantitative estimate of drug-likeness (QED) is 0.659. The molecule has 0 saturated heterocycles. The van der Waals surface area contributed by atoms with Gasteiger partial charge in [-0.3, -0.25) is 0 Å². The molecule has 1 nitrogen and oxygen atoms in total. The molecule has 1 heterocycles. The molecule has 0 aliphatic carbocycles. The van der Waals surface area contributed by atoms with Crippen molar-refractivity contribution < 1.29 is 4.39 Å². The van der Waals surface area contributed by atoms with E-state index >= 15 is 0 Å². The van der Waals surface area contributed by atoms with Gasteiger partial charge in [0.05, 0.1) is 4.47 Å². The summed E-state index contributed by atoms with van der Waals surface area (Å²) in [4.78, 5) is 3.48. The van der Waals surface area contributed by atoms with Gasteiger partial charge in [-0.2, -0.15) is 4.39 Å². The molecule has 54 valence electrons. The zero-order chi connectivity index (χ0) is 7.72. The average molecular weight is 269 g/mol. The van der Waals surface area contributed by atoms with Crippen LogP contribution in [-0.4, -0.2) is 4.98 Å². The number of rotatable bonds is 0. The summed E-state index contributed by atoms with van der Waals surface area (Å²) in [5, 5.41) is 0. The van der Waals surface area contributed by atoms with Gasteiger partial charge in [-0.25, -0.2) is 4.98 Å². The monoisotopic (exact) mass is 267 g/mol. The molecule has 0 saturated carbocycles. The highest BCUT2D eigenvalue weighted by atomic mass is 79.9. The lowest BCUT2D eigenvalue weighted by Crippen LogP contribution is -1.88. The predicted octanol–water partition coefficient (Wildman–Crippen LogP) is 3.05. The van der Waals surface area contributed by atoms with E-state index in [9.17, 15) is 4.39 Å². The van der Waals surface area contributed by atoms with Crippen LogP contribution in [0.2, 0.25) is 0 Å². The van der Waals surface area contributed by atoms with Crippen LogP contribution in [0.4, 0.5) is 4.39 Å². The number of nitrogens with zero attached hydrogens (tertiary/aromatic N) is 1. The standard InChI is InChI=1S/C6H4Br2FN/c1-3-4(7)2-10-6(9)5(3)8/h2H,1H3. The van der Waals surface area contributed by atoms with E-state index < -0.39 is 5.95 Å². The fourth-order valence-corrected chi connectivity index (χ4v) is 1.41. The van der Waals surface area contributed by atoms with E-state index in [0.29, 0.717) is 4.47 Å². The second kappa shape index (κ2) is 2.96. The number of aromatic nitrogens is 1. The van der Waals surface area contributed by atoms with Crippen molar-refractivity contribution in [3.8, 4) is 0 Å². The smallest absolute Gasteiger partial charge is 0.226 e. The predicted molar refractivity (Wildman–Crippen MR) is 44.3 cm³/mol. The second-order valence-corrected chi connectivity index (χ2v) is 3.48. The molecule has 0 spiro atoms. The summed E-state index contributed by atoms with van der Waals surface area (Å²) < 4.78 is 13.8. The lowest BCUT2D eigenvalue weighted by atomic mass is 10.3. The van der Waals surface area contributed by atoms with Crippen LogP contribution in [0.5, 0.6) is 0 Å². The molecular weight excluding hydrogens is 265 g/mol. The number of pyridine rings is 1. The fraction of sp³-hybridized carbons (Fsp3) is 0.167. The summed E-state index contributed by atoms with van der Waals surface area (Å²) in [5.41, 5.74) is 0.826. The Morgan fingerprint density at radius 3 is 2.60 bits per heavy atom. The summed E-state index contributed by atoms with van der Waals surface area (Å²) in [6.45, 7) is 1.80. The molecule has 0 aliphatic rings. The Bertz CT molecular complexity index is 235. The average Bonchev–Trinajstić information content (AvgIpc) is 1.93. The lowest BCUT2D eigenvalue weighted by molar-refractivity contribution is 0.574. The molecule has 0 unspecified atom stereocenters. The van der Waals surface area contributed by atoms with E-state index in [4.69, 9.17) is 0 Å². The summed E-state index contributed by atoms with van der Waals surface area (Å²) in [6, 6.07) is 0. The second-order valence-electron chi connectivity index (χ2n) is 1.84. The summed E-state index contributed by atoms with van der Waals surface area (Å²) in [7, 11) is 0. The van der Waals surface area contributed by atoms with Crippen LogP contribution in [0.3, 0.4) is 0 Å². The van der Waals surface area contributed by atoms with Crippen molar-refractivity contribution in [3.63, 3.8) is 0 Å². The van der Waals surface area contributed by atoms with Gasteiger partial charge in [0.15, 0.2) is 0 Å². The van der Waals surface area contributed by atoms with Gasteiger partial charge in [-0.05, 0) is 44.3 Å². The Hall–Kier alpha value is 0.0400. The molecule has 0 fully saturated rings. The van der Waals surface area contributed by atoms with Gasteiger partial charge in [0.1, 0.15) is 0 Å². The minimum absolute atomic E-state index is 0.418. The van der Waals surface area contributed by atoms with Crippen molar-refractivity contribution in [2.45, 2.75) is 6.92 Å². The van der Waals surface area contributed by atoms with Crippen LogP contribution in [0.15, 0.2) is 15.1 Å². The van der Waals surface area contributed by atoms with Crippen molar-refractivity contribution in [2.75, 3.05) is 0 Å². The van der Waals surface area contributed by atoms with Gasteiger partial charge in [0.25, 0.3) is 0 Å². The molecular formula is C6H4Br2FN. The first kappa shape index (κ1) is 8.14. The van der Waals surface area contributed by atoms with E-state index in [1.54, 1.807) is 6.92 Å². The topological polar surface area (TPSA) is 12.9 Å². The third kappa shape index (κ3) is 1.37. The number of halogens is 3. The third-order valence-corrected chi connectivity index (χ3v) is 2.88. The molecule has 0 bridgehead atoms. The highest BCUT2D eigenvalue weighted by Crippen LogP contribution is 2.24. The van der Waals surface area contributed by atoms with Crippen molar-refractivity contribution in [1.82, 2.24) is 4.98 Å². The number of hydrogen-bond acceptors (Lipinski definition) is 1. The Morgan fingerprint density at radius 1 is 1.50 bits per heavy atom. The summed E-state index contributed by atoms with van der Waals surface area (Å²) in [5.74, 6) is -0.472. The molecule has 0 aromatic carbocycles. The van der Waals surface area contributed by atoms with E-state index in [1.165, 1.54) is 6.20 Å². The largest absolute Gasteiger partial charge is 0.227 e. The van der Waals surface area contributed by atoms with Gasteiger partial charge >= 0.3 is 0 Å². The maximum absolute atomic E-state index is 12.6. The maximum Gasteiger partial charge on any atom is 0.227 e. The third-order valence-electron chi connectivity index (χ3n) is 1.16. The molecule has 0 radical (unpaired) electrons. The molecule has 0 atom stereocenters. The Balaban J connectivity index is 3.34. The van der Waals surface area contributed by atoms with Crippen LogP contribution >= 0.6 is 31.9 Å². The van der Waals surface area contributed by atoms with Crippen LogP contribution in [-0.2, 0) is 0 Å². The molecule has 0 aliphatic heterocycles. The summed E-state index contributed by atoms with van der Waals surface area (Å²) in [6.07, 6.45) is 1.44.